The Bertz CT molecular complexity index is 495. The van der Waals surface area contributed by atoms with Gasteiger partial charge in [0, 0.05) is 31.2 Å². The standard InChI is InChI=1S/C10H12ClFN2O2S/c11-8-5-9(12)7-10(6-8)17(15,16)14-3-1-13-2-4-14/h5-7,13H,1-4H2. The summed E-state index contributed by atoms with van der Waals surface area (Å²) in [6, 6.07) is 3.34. The fourth-order valence-electron chi connectivity index (χ4n) is 1.71. The van der Waals surface area contributed by atoms with Crippen LogP contribution in [0.15, 0.2) is 23.1 Å². The molecule has 1 aliphatic rings. The Kier molecular flexibility index (Phi) is 3.67. The first-order valence-electron chi connectivity index (χ1n) is 5.17. The van der Waals surface area contributed by atoms with Crippen molar-refractivity contribution in [3.63, 3.8) is 0 Å². The van der Waals surface area contributed by atoms with Crippen LogP contribution in [0.3, 0.4) is 0 Å². The van der Waals surface area contributed by atoms with Gasteiger partial charge in [0.15, 0.2) is 0 Å². The highest BCUT2D eigenvalue weighted by atomic mass is 35.5. The molecule has 0 aromatic heterocycles. The van der Waals surface area contributed by atoms with Crippen LogP contribution in [0.1, 0.15) is 0 Å². The van der Waals surface area contributed by atoms with Crippen LogP contribution < -0.4 is 5.32 Å². The quantitative estimate of drug-likeness (QED) is 0.880. The first kappa shape index (κ1) is 12.8. The highest BCUT2D eigenvalue weighted by Crippen LogP contribution is 2.21. The fourth-order valence-corrected chi connectivity index (χ4v) is 3.50. The van der Waals surface area contributed by atoms with Crippen LogP contribution >= 0.6 is 11.6 Å². The van der Waals surface area contributed by atoms with Crippen LogP contribution in [0.5, 0.6) is 0 Å². The van der Waals surface area contributed by atoms with E-state index >= 15 is 0 Å². The second-order valence-electron chi connectivity index (χ2n) is 3.76. The molecule has 0 saturated carbocycles. The third-order valence-electron chi connectivity index (χ3n) is 2.55. The van der Waals surface area contributed by atoms with Crippen molar-refractivity contribution in [2.24, 2.45) is 0 Å². The molecule has 1 aliphatic heterocycles. The van der Waals surface area contributed by atoms with Gasteiger partial charge in [0.2, 0.25) is 10.0 Å². The summed E-state index contributed by atoms with van der Waals surface area (Å²) < 4.78 is 38.8. The van der Waals surface area contributed by atoms with Crippen LogP contribution in [-0.2, 0) is 10.0 Å². The third-order valence-corrected chi connectivity index (χ3v) is 4.64. The van der Waals surface area contributed by atoms with Crippen molar-refractivity contribution in [2.75, 3.05) is 26.2 Å². The van der Waals surface area contributed by atoms with E-state index in [4.69, 9.17) is 11.6 Å². The molecule has 7 heteroatoms. The number of benzene rings is 1. The molecule has 0 radical (unpaired) electrons. The third kappa shape index (κ3) is 2.77. The lowest BCUT2D eigenvalue weighted by Gasteiger charge is -2.26. The Balaban J connectivity index is 2.36. The molecule has 1 aromatic carbocycles. The van der Waals surface area contributed by atoms with E-state index in [1.807, 2.05) is 0 Å². The zero-order valence-electron chi connectivity index (χ0n) is 8.99. The molecule has 0 amide bonds. The normalized spacial score (nSPS) is 18.2. The average molecular weight is 279 g/mol. The molecular weight excluding hydrogens is 267 g/mol. The molecule has 1 heterocycles. The molecule has 0 atom stereocenters. The molecule has 2 rings (SSSR count). The fraction of sp³-hybridized carbons (Fsp3) is 0.400. The Morgan fingerprint density at radius 2 is 1.88 bits per heavy atom. The van der Waals surface area contributed by atoms with Crippen molar-refractivity contribution in [1.82, 2.24) is 9.62 Å². The summed E-state index contributed by atoms with van der Waals surface area (Å²) in [5, 5.41) is 3.14. The van der Waals surface area contributed by atoms with Crippen LogP contribution in [0.4, 0.5) is 4.39 Å². The van der Waals surface area contributed by atoms with Gasteiger partial charge in [0.1, 0.15) is 5.82 Å². The summed E-state index contributed by atoms with van der Waals surface area (Å²) in [5.41, 5.74) is 0. The number of hydrogen-bond donors (Lipinski definition) is 1. The van der Waals surface area contributed by atoms with Crippen molar-refractivity contribution in [2.45, 2.75) is 4.90 Å². The lowest BCUT2D eigenvalue weighted by Crippen LogP contribution is -2.46. The van der Waals surface area contributed by atoms with Gasteiger partial charge in [-0.25, -0.2) is 12.8 Å². The highest BCUT2D eigenvalue weighted by molar-refractivity contribution is 7.89. The van der Waals surface area contributed by atoms with Crippen molar-refractivity contribution < 1.29 is 12.8 Å². The Labute approximate surface area is 104 Å². The lowest BCUT2D eigenvalue weighted by molar-refractivity contribution is 0.360. The minimum atomic E-state index is -3.64. The maximum absolute atomic E-state index is 13.1. The minimum Gasteiger partial charge on any atom is -0.314 e. The predicted molar refractivity (Wildman–Crippen MR) is 63.0 cm³/mol. The summed E-state index contributed by atoms with van der Waals surface area (Å²) in [5.74, 6) is -0.647. The summed E-state index contributed by atoms with van der Waals surface area (Å²) in [6.07, 6.45) is 0. The van der Waals surface area contributed by atoms with Gasteiger partial charge in [0.05, 0.1) is 4.90 Å². The Morgan fingerprint density at radius 3 is 2.47 bits per heavy atom. The maximum Gasteiger partial charge on any atom is 0.243 e. The monoisotopic (exact) mass is 278 g/mol. The summed E-state index contributed by atoms with van der Waals surface area (Å²) in [6.45, 7) is 1.97. The molecule has 1 saturated heterocycles. The Hall–Kier alpha value is -0.690. The SMILES string of the molecule is O=S(=O)(c1cc(F)cc(Cl)c1)N1CCNCC1. The van der Waals surface area contributed by atoms with Gasteiger partial charge in [-0.2, -0.15) is 4.31 Å². The Morgan fingerprint density at radius 1 is 1.24 bits per heavy atom. The topological polar surface area (TPSA) is 49.4 Å². The van der Waals surface area contributed by atoms with Gasteiger partial charge in [0.25, 0.3) is 0 Å². The van der Waals surface area contributed by atoms with Gasteiger partial charge in [-0.05, 0) is 18.2 Å². The molecule has 4 nitrogen and oxygen atoms in total. The van der Waals surface area contributed by atoms with E-state index in [2.05, 4.69) is 5.32 Å². The predicted octanol–water partition coefficient (Wildman–Crippen LogP) is 1.07. The number of hydrogen-bond acceptors (Lipinski definition) is 3. The van der Waals surface area contributed by atoms with Crippen molar-refractivity contribution in [3.8, 4) is 0 Å². The minimum absolute atomic E-state index is 0.0821. The maximum atomic E-state index is 13.1. The molecule has 0 unspecified atom stereocenters. The van der Waals surface area contributed by atoms with E-state index < -0.39 is 15.8 Å². The van der Waals surface area contributed by atoms with E-state index in [0.29, 0.717) is 26.2 Å². The number of piperazine rings is 1. The molecule has 0 aliphatic carbocycles. The average Bonchev–Trinajstić information content (AvgIpc) is 2.29. The van der Waals surface area contributed by atoms with E-state index in [1.54, 1.807) is 0 Å². The molecule has 94 valence electrons. The first-order valence-corrected chi connectivity index (χ1v) is 6.99. The largest absolute Gasteiger partial charge is 0.314 e. The molecule has 1 fully saturated rings. The van der Waals surface area contributed by atoms with E-state index in [-0.39, 0.29) is 9.92 Å². The number of nitrogens with one attached hydrogen (secondary N) is 1. The summed E-state index contributed by atoms with van der Waals surface area (Å²) in [7, 11) is -3.64. The molecule has 1 aromatic rings. The number of rotatable bonds is 2. The van der Waals surface area contributed by atoms with Crippen molar-refractivity contribution in [1.29, 1.82) is 0 Å². The zero-order valence-corrected chi connectivity index (χ0v) is 10.6. The number of halogens is 2. The number of sulfonamides is 1. The van der Waals surface area contributed by atoms with Gasteiger partial charge < -0.3 is 5.32 Å². The molecule has 17 heavy (non-hydrogen) atoms. The van der Waals surface area contributed by atoms with E-state index in [1.165, 1.54) is 10.4 Å². The van der Waals surface area contributed by atoms with E-state index in [9.17, 15) is 12.8 Å². The highest BCUT2D eigenvalue weighted by Gasteiger charge is 2.26. The zero-order chi connectivity index (χ0) is 12.5. The summed E-state index contributed by atoms with van der Waals surface area (Å²) in [4.78, 5) is -0.0931. The van der Waals surface area contributed by atoms with Crippen LogP contribution in [0, 0.1) is 5.82 Å². The molecular formula is C10H12ClFN2O2S. The molecule has 0 spiro atoms. The van der Waals surface area contributed by atoms with Gasteiger partial charge >= 0.3 is 0 Å². The summed E-state index contributed by atoms with van der Waals surface area (Å²) >= 11 is 5.66. The second-order valence-corrected chi connectivity index (χ2v) is 6.13. The van der Waals surface area contributed by atoms with Gasteiger partial charge in [-0.1, -0.05) is 11.6 Å². The van der Waals surface area contributed by atoms with Crippen LogP contribution in [-0.4, -0.2) is 38.9 Å². The smallest absolute Gasteiger partial charge is 0.243 e. The second kappa shape index (κ2) is 4.89. The van der Waals surface area contributed by atoms with Crippen LogP contribution in [0.25, 0.3) is 0 Å². The van der Waals surface area contributed by atoms with Gasteiger partial charge in [-0.15, -0.1) is 0 Å². The number of nitrogens with zero attached hydrogens (tertiary/aromatic N) is 1. The molecule has 0 bridgehead atoms. The molecule has 1 N–H and O–H groups in total. The first-order chi connectivity index (χ1) is 8.00. The van der Waals surface area contributed by atoms with Gasteiger partial charge in [-0.3, -0.25) is 0 Å². The lowest BCUT2D eigenvalue weighted by atomic mass is 10.3. The van der Waals surface area contributed by atoms with Crippen molar-refractivity contribution in [3.05, 3.63) is 29.0 Å². The van der Waals surface area contributed by atoms with Crippen molar-refractivity contribution >= 4 is 21.6 Å². The van der Waals surface area contributed by atoms with Crippen LogP contribution in [0.2, 0.25) is 5.02 Å². The van der Waals surface area contributed by atoms with E-state index in [0.717, 1.165) is 12.1 Å².